The molecular weight excluding hydrogens is 380 g/mol. The van der Waals surface area contributed by atoms with Crippen molar-refractivity contribution in [2.45, 2.75) is 44.4 Å². The van der Waals surface area contributed by atoms with Gasteiger partial charge in [0.25, 0.3) is 0 Å². The molecule has 0 radical (unpaired) electrons. The molecule has 5 nitrogen and oxygen atoms in total. The molecule has 1 aliphatic heterocycles. The Morgan fingerprint density at radius 3 is 2.55 bits per heavy atom. The fraction of sp³-hybridized carbons (Fsp3) is 0.348. The van der Waals surface area contributed by atoms with Gasteiger partial charge in [-0.05, 0) is 36.5 Å². The van der Waals surface area contributed by atoms with E-state index < -0.39 is 0 Å². The van der Waals surface area contributed by atoms with Crippen LogP contribution in [0.1, 0.15) is 29.4 Å². The number of aromatic nitrogens is 3. The first-order chi connectivity index (χ1) is 14.2. The normalized spacial score (nSPS) is 13.3. The van der Waals surface area contributed by atoms with Gasteiger partial charge in [-0.25, -0.2) is 0 Å². The second-order valence-corrected chi connectivity index (χ2v) is 8.19. The predicted octanol–water partition coefficient (Wildman–Crippen LogP) is 3.76. The molecule has 0 atom stereocenters. The Morgan fingerprint density at radius 1 is 1.00 bits per heavy atom. The number of aryl methyl sites for hydroxylation is 2. The number of fused-ring (bicyclic) bond motifs is 1. The van der Waals surface area contributed by atoms with Crippen molar-refractivity contribution in [2.24, 2.45) is 0 Å². The number of carbonyl (C=O) groups is 1. The summed E-state index contributed by atoms with van der Waals surface area (Å²) in [4.78, 5) is 14.7. The van der Waals surface area contributed by atoms with Crippen molar-refractivity contribution in [1.29, 1.82) is 0 Å². The molecule has 1 aliphatic rings. The molecule has 0 saturated carbocycles. The lowest BCUT2D eigenvalue weighted by Gasteiger charge is -2.28. The van der Waals surface area contributed by atoms with Gasteiger partial charge in [-0.3, -0.25) is 4.79 Å². The first kappa shape index (κ1) is 19.7. The van der Waals surface area contributed by atoms with Crippen molar-refractivity contribution in [1.82, 2.24) is 19.7 Å². The molecule has 29 heavy (non-hydrogen) atoms. The molecule has 0 spiro atoms. The van der Waals surface area contributed by atoms with E-state index in [9.17, 15) is 4.79 Å². The van der Waals surface area contributed by atoms with E-state index in [0.717, 1.165) is 43.3 Å². The zero-order chi connectivity index (χ0) is 20.1. The van der Waals surface area contributed by atoms with E-state index in [-0.39, 0.29) is 5.91 Å². The van der Waals surface area contributed by atoms with Crippen LogP contribution in [0, 0.1) is 0 Å². The van der Waals surface area contributed by atoms with E-state index in [4.69, 9.17) is 0 Å². The third-order valence-corrected chi connectivity index (χ3v) is 6.35. The highest BCUT2D eigenvalue weighted by Gasteiger charge is 2.21. The van der Waals surface area contributed by atoms with Gasteiger partial charge in [0.05, 0.1) is 5.75 Å². The highest BCUT2D eigenvalue weighted by molar-refractivity contribution is 7.99. The molecule has 0 unspecified atom stereocenters. The van der Waals surface area contributed by atoms with Crippen LogP contribution in [0.25, 0.3) is 0 Å². The third-order valence-electron chi connectivity index (χ3n) is 5.40. The average Bonchev–Trinajstić information content (AvgIpc) is 3.18. The van der Waals surface area contributed by atoms with Crippen LogP contribution >= 0.6 is 11.8 Å². The smallest absolute Gasteiger partial charge is 0.233 e. The summed E-state index contributed by atoms with van der Waals surface area (Å²) in [6.45, 7) is 4.41. The number of hydrogen-bond donors (Lipinski definition) is 0. The first-order valence-electron chi connectivity index (χ1n) is 10.2. The molecule has 0 aliphatic carbocycles. The first-order valence-corrected chi connectivity index (χ1v) is 11.2. The summed E-state index contributed by atoms with van der Waals surface area (Å²) in [6.07, 6.45) is 2.72. The Labute approximate surface area is 176 Å². The second-order valence-electron chi connectivity index (χ2n) is 7.25. The average molecular weight is 407 g/mol. The van der Waals surface area contributed by atoms with Gasteiger partial charge in [-0.2, -0.15) is 0 Å². The van der Waals surface area contributed by atoms with Crippen LogP contribution in [0.15, 0.2) is 59.8 Å². The van der Waals surface area contributed by atoms with Crippen molar-refractivity contribution in [3.05, 3.63) is 77.1 Å². The zero-order valence-corrected chi connectivity index (χ0v) is 17.6. The number of thioether (sulfide) groups is 1. The van der Waals surface area contributed by atoms with Crippen LogP contribution in [-0.2, 0) is 37.1 Å². The van der Waals surface area contributed by atoms with E-state index in [1.807, 2.05) is 17.0 Å². The van der Waals surface area contributed by atoms with E-state index in [2.05, 4.69) is 64.2 Å². The van der Waals surface area contributed by atoms with Crippen LogP contribution in [0.4, 0.5) is 0 Å². The molecule has 4 rings (SSSR count). The summed E-state index contributed by atoms with van der Waals surface area (Å²) in [5.74, 6) is 1.55. The van der Waals surface area contributed by atoms with Gasteiger partial charge >= 0.3 is 0 Å². The second kappa shape index (κ2) is 9.27. The topological polar surface area (TPSA) is 51.0 Å². The number of hydrogen-bond acceptors (Lipinski definition) is 4. The third kappa shape index (κ3) is 4.70. The van der Waals surface area contributed by atoms with E-state index >= 15 is 0 Å². The lowest BCUT2D eigenvalue weighted by atomic mass is 10.00. The van der Waals surface area contributed by atoms with Crippen molar-refractivity contribution in [2.75, 3.05) is 12.3 Å². The Bertz CT molecular complexity index is 970. The molecule has 0 N–H and O–H groups in total. The molecule has 0 bridgehead atoms. The van der Waals surface area contributed by atoms with Crippen LogP contribution in [0.5, 0.6) is 0 Å². The van der Waals surface area contributed by atoms with E-state index in [1.54, 1.807) is 0 Å². The summed E-state index contributed by atoms with van der Waals surface area (Å²) >= 11 is 1.50. The van der Waals surface area contributed by atoms with Crippen molar-refractivity contribution < 1.29 is 4.79 Å². The number of nitrogens with zero attached hydrogens (tertiary/aromatic N) is 4. The van der Waals surface area contributed by atoms with Gasteiger partial charge < -0.3 is 9.47 Å². The van der Waals surface area contributed by atoms with Gasteiger partial charge in [0.15, 0.2) is 5.16 Å². The molecule has 0 saturated heterocycles. The maximum Gasteiger partial charge on any atom is 0.233 e. The van der Waals surface area contributed by atoms with Crippen LogP contribution < -0.4 is 0 Å². The zero-order valence-electron chi connectivity index (χ0n) is 16.8. The van der Waals surface area contributed by atoms with Crippen molar-refractivity contribution >= 4 is 17.7 Å². The summed E-state index contributed by atoms with van der Waals surface area (Å²) in [7, 11) is 0. The van der Waals surface area contributed by atoms with Gasteiger partial charge in [-0.1, -0.05) is 66.4 Å². The highest BCUT2D eigenvalue weighted by Crippen LogP contribution is 2.22. The Balaban J connectivity index is 1.35. The summed E-state index contributed by atoms with van der Waals surface area (Å²) in [6, 6.07) is 18.8. The fourth-order valence-electron chi connectivity index (χ4n) is 3.76. The molecule has 3 aromatic rings. The molecule has 0 fully saturated rings. The molecule has 1 aromatic heterocycles. The molecule has 2 heterocycles. The summed E-state index contributed by atoms with van der Waals surface area (Å²) in [5.41, 5.74) is 3.92. The lowest BCUT2D eigenvalue weighted by molar-refractivity contribution is -0.129. The number of rotatable bonds is 7. The monoisotopic (exact) mass is 406 g/mol. The minimum Gasteiger partial charge on any atom is -0.337 e. The standard InChI is InChI=1S/C23H26N4OS/c1-2-27-21(13-12-18-8-4-3-5-9-18)24-25-23(27)29-17-22(28)26-15-14-19-10-6-7-11-20(19)16-26/h3-11H,2,12-17H2,1H3. The van der Waals surface area contributed by atoms with Crippen LogP contribution in [0.3, 0.4) is 0 Å². The van der Waals surface area contributed by atoms with Gasteiger partial charge in [0.1, 0.15) is 5.82 Å². The van der Waals surface area contributed by atoms with Crippen molar-refractivity contribution in [3.63, 3.8) is 0 Å². The molecule has 2 aromatic carbocycles. The SMILES string of the molecule is CCn1c(CCc2ccccc2)nnc1SCC(=O)N1CCc2ccccc2C1. The minimum absolute atomic E-state index is 0.168. The van der Waals surface area contributed by atoms with E-state index in [1.165, 1.54) is 28.5 Å². The Morgan fingerprint density at radius 2 is 1.76 bits per heavy atom. The minimum atomic E-state index is 0.168. The van der Waals surface area contributed by atoms with Crippen molar-refractivity contribution in [3.8, 4) is 0 Å². The molecule has 150 valence electrons. The summed E-state index contributed by atoms with van der Waals surface area (Å²) < 4.78 is 2.13. The van der Waals surface area contributed by atoms with Gasteiger partial charge in [0.2, 0.25) is 5.91 Å². The number of carbonyl (C=O) groups excluding carboxylic acids is 1. The largest absolute Gasteiger partial charge is 0.337 e. The van der Waals surface area contributed by atoms with Gasteiger partial charge in [-0.15, -0.1) is 10.2 Å². The van der Waals surface area contributed by atoms with E-state index in [0.29, 0.717) is 12.3 Å². The predicted molar refractivity (Wildman–Crippen MR) is 116 cm³/mol. The highest BCUT2D eigenvalue weighted by atomic mass is 32.2. The van der Waals surface area contributed by atoms with Crippen LogP contribution in [-0.4, -0.2) is 37.9 Å². The maximum atomic E-state index is 12.7. The molecular formula is C23H26N4OS. The number of benzene rings is 2. The lowest BCUT2D eigenvalue weighted by Crippen LogP contribution is -2.37. The maximum absolute atomic E-state index is 12.7. The quantitative estimate of drug-likeness (QED) is 0.561. The van der Waals surface area contributed by atoms with Gasteiger partial charge in [0, 0.05) is 26.1 Å². The Hall–Kier alpha value is -2.60. The van der Waals surface area contributed by atoms with Crippen LogP contribution in [0.2, 0.25) is 0 Å². The fourth-order valence-corrected chi connectivity index (χ4v) is 4.68. The molecule has 6 heteroatoms. The summed E-state index contributed by atoms with van der Waals surface area (Å²) in [5, 5.41) is 9.58. The molecule has 1 amide bonds. The number of amides is 1. The Kier molecular flexibility index (Phi) is 6.30.